The highest BCUT2D eigenvalue weighted by atomic mass is 32.2. The topological polar surface area (TPSA) is 66.1 Å². The van der Waals surface area contributed by atoms with E-state index in [1.807, 2.05) is 11.8 Å². The molecule has 5 nitrogen and oxygen atoms in total. The fourth-order valence-electron chi connectivity index (χ4n) is 3.65. The molecule has 1 fully saturated rings. The molecular weight excluding hydrogens is 390 g/mol. The molecule has 1 amide bonds. The van der Waals surface area contributed by atoms with Crippen LogP contribution in [-0.4, -0.2) is 39.1 Å². The zero-order valence-electron chi connectivity index (χ0n) is 17.5. The number of carbonyl (C=O) groups excluding carboxylic acids is 1. The molecule has 0 spiro atoms. The Balaban J connectivity index is 1.79. The van der Waals surface area contributed by atoms with Gasteiger partial charge in [0.25, 0.3) is 5.56 Å². The third-order valence-electron chi connectivity index (χ3n) is 5.82. The van der Waals surface area contributed by atoms with Gasteiger partial charge in [-0.05, 0) is 50.5 Å². The van der Waals surface area contributed by atoms with E-state index in [1.54, 1.807) is 11.3 Å². The van der Waals surface area contributed by atoms with Crippen LogP contribution in [0.4, 0.5) is 0 Å². The summed E-state index contributed by atoms with van der Waals surface area (Å²) < 4.78 is 0. The first-order chi connectivity index (χ1) is 13.3. The summed E-state index contributed by atoms with van der Waals surface area (Å²) in [7, 11) is 0. The number of nitrogens with one attached hydrogen (secondary N) is 1. The van der Waals surface area contributed by atoms with Gasteiger partial charge in [0.1, 0.15) is 4.83 Å². The van der Waals surface area contributed by atoms with Crippen LogP contribution >= 0.6 is 23.1 Å². The fourth-order valence-corrected chi connectivity index (χ4v) is 5.65. The SMILES string of the molecule is CCC(C)Cc1c(C)sc2nc(SC(C)C(=O)N3CCC(C)CC3)[nH]c(=O)c12. The Bertz CT molecular complexity index is 897. The van der Waals surface area contributed by atoms with E-state index in [0.717, 1.165) is 54.6 Å². The lowest BCUT2D eigenvalue weighted by atomic mass is 9.98. The molecule has 28 heavy (non-hydrogen) atoms. The van der Waals surface area contributed by atoms with Crippen molar-refractivity contribution in [3.8, 4) is 0 Å². The first-order valence-corrected chi connectivity index (χ1v) is 12.0. The standard InChI is InChI=1S/C21H31N3O2S2/c1-6-12(2)11-16-14(4)27-19-17(16)18(25)22-21(23-19)28-15(5)20(26)24-9-7-13(3)8-10-24/h12-13,15H,6-11H2,1-5H3,(H,22,23,25). The number of aromatic amines is 1. The number of H-pyrrole nitrogens is 1. The van der Waals surface area contributed by atoms with E-state index in [2.05, 4.69) is 37.7 Å². The Morgan fingerprint density at radius 2 is 2.04 bits per heavy atom. The number of aryl methyl sites for hydroxylation is 1. The summed E-state index contributed by atoms with van der Waals surface area (Å²) in [6.45, 7) is 12.3. The summed E-state index contributed by atoms with van der Waals surface area (Å²) in [5.74, 6) is 1.37. The largest absolute Gasteiger partial charge is 0.342 e. The summed E-state index contributed by atoms with van der Waals surface area (Å²) in [5, 5.41) is 1.02. The third kappa shape index (κ3) is 4.62. The highest BCUT2D eigenvalue weighted by Gasteiger charge is 2.26. The van der Waals surface area contributed by atoms with E-state index in [1.165, 1.54) is 16.6 Å². The van der Waals surface area contributed by atoms with Crippen molar-refractivity contribution >= 4 is 39.2 Å². The minimum atomic E-state index is -0.255. The average Bonchev–Trinajstić information content (AvgIpc) is 2.97. The summed E-state index contributed by atoms with van der Waals surface area (Å²) in [4.78, 5) is 37.1. The molecule has 2 atom stereocenters. The van der Waals surface area contributed by atoms with Crippen LogP contribution in [0.15, 0.2) is 9.95 Å². The number of amides is 1. The van der Waals surface area contributed by atoms with E-state index in [-0.39, 0.29) is 16.7 Å². The molecule has 154 valence electrons. The highest BCUT2D eigenvalue weighted by molar-refractivity contribution is 8.00. The summed E-state index contributed by atoms with van der Waals surface area (Å²) in [5.41, 5.74) is 1.05. The number of carbonyl (C=O) groups is 1. The number of aromatic nitrogens is 2. The molecule has 7 heteroatoms. The summed E-state index contributed by atoms with van der Waals surface area (Å²) >= 11 is 2.94. The van der Waals surface area contributed by atoms with Gasteiger partial charge < -0.3 is 9.88 Å². The molecule has 1 saturated heterocycles. The van der Waals surface area contributed by atoms with E-state index >= 15 is 0 Å². The number of hydrogen-bond acceptors (Lipinski definition) is 5. The lowest BCUT2D eigenvalue weighted by Gasteiger charge is -2.31. The third-order valence-corrected chi connectivity index (χ3v) is 7.84. The van der Waals surface area contributed by atoms with E-state index < -0.39 is 0 Å². The zero-order chi connectivity index (χ0) is 20.4. The molecule has 3 rings (SSSR count). The number of fused-ring (bicyclic) bond motifs is 1. The Labute approximate surface area is 175 Å². The van der Waals surface area contributed by atoms with Gasteiger partial charge in [0.2, 0.25) is 5.91 Å². The van der Waals surface area contributed by atoms with Gasteiger partial charge in [-0.2, -0.15) is 0 Å². The molecule has 2 aromatic rings. The predicted octanol–water partition coefficient (Wildman–Crippen LogP) is 4.62. The number of nitrogens with zero attached hydrogens (tertiary/aromatic N) is 2. The Hall–Kier alpha value is -1.34. The van der Waals surface area contributed by atoms with Gasteiger partial charge in [0.15, 0.2) is 5.16 Å². The Morgan fingerprint density at radius 3 is 2.68 bits per heavy atom. The Morgan fingerprint density at radius 1 is 1.36 bits per heavy atom. The van der Waals surface area contributed by atoms with Crippen molar-refractivity contribution in [3.63, 3.8) is 0 Å². The van der Waals surface area contributed by atoms with Crippen molar-refractivity contribution in [2.75, 3.05) is 13.1 Å². The van der Waals surface area contributed by atoms with Crippen molar-refractivity contribution in [2.24, 2.45) is 11.8 Å². The van der Waals surface area contributed by atoms with Gasteiger partial charge in [-0.3, -0.25) is 9.59 Å². The maximum absolute atomic E-state index is 12.8. The molecule has 2 aromatic heterocycles. The second kappa shape index (κ2) is 8.99. The maximum atomic E-state index is 12.8. The van der Waals surface area contributed by atoms with Crippen molar-refractivity contribution in [3.05, 3.63) is 20.8 Å². The molecule has 1 aliphatic heterocycles. The van der Waals surface area contributed by atoms with Gasteiger partial charge in [-0.15, -0.1) is 11.3 Å². The predicted molar refractivity (Wildman–Crippen MR) is 118 cm³/mol. The molecule has 0 aromatic carbocycles. The number of hydrogen-bond donors (Lipinski definition) is 1. The molecule has 1 N–H and O–H groups in total. The lowest BCUT2D eigenvalue weighted by molar-refractivity contribution is -0.131. The van der Waals surface area contributed by atoms with Gasteiger partial charge in [-0.25, -0.2) is 4.98 Å². The quantitative estimate of drug-likeness (QED) is 0.546. The fraction of sp³-hybridized carbons (Fsp3) is 0.667. The molecule has 0 bridgehead atoms. The molecule has 0 aliphatic carbocycles. The second-order valence-corrected chi connectivity index (χ2v) is 10.7. The minimum Gasteiger partial charge on any atom is -0.342 e. The number of rotatable bonds is 6. The smallest absolute Gasteiger partial charge is 0.260 e. The van der Waals surface area contributed by atoms with Crippen LogP contribution in [0.1, 0.15) is 57.4 Å². The van der Waals surface area contributed by atoms with Gasteiger partial charge in [0, 0.05) is 18.0 Å². The normalized spacial score (nSPS) is 17.8. The van der Waals surface area contributed by atoms with Crippen LogP contribution < -0.4 is 5.56 Å². The molecule has 1 aliphatic rings. The number of thioether (sulfide) groups is 1. The summed E-state index contributed by atoms with van der Waals surface area (Å²) in [6, 6.07) is 0. The van der Waals surface area contributed by atoms with E-state index in [4.69, 9.17) is 0 Å². The average molecular weight is 422 g/mol. The van der Waals surface area contributed by atoms with E-state index in [0.29, 0.717) is 17.0 Å². The monoisotopic (exact) mass is 421 g/mol. The van der Waals surface area contributed by atoms with Crippen molar-refractivity contribution in [2.45, 2.75) is 70.7 Å². The Kier molecular flexibility index (Phi) is 6.86. The van der Waals surface area contributed by atoms with Gasteiger partial charge in [-0.1, -0.05) is 39.0 Å². The minimum absolute atomic E-state index is 0.0819. The summed E-state index contributed by atoms with van der Waals surface area (Å²) in [6.07, 6.45) is 4.13. The first kappa shape index (κ1) is 21.4. The molecule has 0 radical (unpaired) electrons. The van der Waals surface area contributed by atoms with Crippen LogP contribution in [-0.2, 0) is 11.2 Å². The van der Waals surface area contributed by atoms with Crippen molar-refractivity contribution < 1.29 is 4.79 Å². The van der Waals surface area contributed by atoms with Crippen LogP contribution in [0.5, 0.6) is 0 Å². The molecule has 2 unspecified atom stereocenters. The van der Waals surface area contributed by atoms with Crippen LogP contribution in [0, 0.1) is 18.8 Å². The number of thiophene rings is 1. The second-order valence-electron chi connectivity index (χ2n) is 8.17. The highest BCUT2D eigenvalue weighted by Crippen LogP contribution is 2.31. The van der Waals surface area contributed by atoms with Crippen molar-refractivity contribution in [1.29, 1.82) is 0 Å². The molecular formula is C21H31N3O2S2. The lowest BCUT2D eigenvalue weighted by Crippen LogP contribution is -2.41. The zero-order valence-corrected chi connectivity index (χ0v) is 19.1. The molecule has 0 saturated carbocycles. The van der Waals surface area contributed by atoms with Crippen LogP contribution in [0.3, 0.4) is 0 Å². The van der Waals surface area contributed by atoms with Gasteiger partial charge >= 0.3 is 0 Å². The maximum Gasteiger partial charge on any atom is 0.260 e. The number of piperidine rings is 1. The van der Waals surface area contributed by atoms with Crippen molar-refractivity contribution in [1.82, 2.24) is 14.9 Å². The van der Waals surface area contributed by atoms with E-state index in [9.17, 15) is 9.59 Å². The molecule has 3 heterocycles. The number of likely N-dealkylation sites (tertiary alicyclic amines) is 1. The van der Waals surface area contributed by atoms with Crippen LogP contribution in [0.2, 0.25) is 0 Å². The van der Waals surface area contributed by atoms with Crippen LogP contribution in [0.25, 0.3) is 10.2 Å². The first-order valence-electron chi connectivity index (χ1n) is 10.3. The van der Waals surface area contributed by atoms with Gasteiger partial charge in [0.05, 0.1) is 10.6 Å².